The minimum absolute atomic E-state index is 0.576. The third kappa shape index (κ3) is 4.66. The summed E-state index contributed by atoms with van der Waals surface area (Å²) in [4.78, 5) is 0. The molecule has 4 nitrogen and oxygen atoms in total. The van der Waals surface area contributed by atoms with Gasteiger partial charge in [-0.3, -0.25) is 4.68 Å². The second kappa shape index (κ2) is 7.28. The number of aryl methyl sites for hydroxylation is 1. The fraction of sp³-hybridized carbons (Fsp3) is 0.750. The van der Waals surface area contributed by atoms with E-state index >= 15 is 0 Å². The predicted octanol–water partition coefficient (Wildman–Crippen LogP) is 2.06. The molecule has 1 atom stereocenters. The van der Waals surface area contributed by atoms with E-state index in [4.69, 9.17) is 4.74 Å². The van der Waals surface area contributed by atoms with Crippen LogP contribution < -0.4 is 10.1 Å². The molecule has 0 spiro atoms. The highest BCUT2D eigenvalue weighted by molar-refractivity contribution is 5.11. The third-order valence-electron chi connectivity index (χ3n) is 2.52. The third-order valence-corrected chi connectivity index (χ3v) is 2.52. The maximum absolute atomic E-state index is 5.57. The van der Waals surface area contributed by atoms with Crippen LogP contribution in [0.4, 0.5) is 0 Å². The molecule has 0 saturated heterocycles. The van der Waals surface area contributed by atoms with Crippen molar-refractivity contribution in [1.82, 2.24) is 15.1 Å². The summed E-state index contributed by atoms with van der Waals surface area (Å²) in [6, 6.07) is 0.576. The van der Waals surface area contributed by atoms with Gasteiger partial charge in [-0.25, -0.2) is 0 Å². The molecule has 0 aromatic carbocycles. The molecule has 1 rings (SSSR count). The topological polar surface area (TPSA) is 39.1 Å². The molecule has 0 radical (unpaired) electrons. The van der Waals surface area contributed by atoms with Gasteiger partial charge in [-0.15, -0.1) is 0 Å². The summed E-state index contributed by atoms with van der Waals surface area (Å²) in [5.41, 5.74) is 0. The van der Waals surface area contributed by atoms with E-state index < -0.39 is 0 Å². The molecule has 1 N–H and O–H groups in total. The summed E-state index contributed by atoms with van der Waals surface area (Å²) in [5, 5.41) is 7.57. The Bertz CT molecular complexity index is 286. The Morgan fingerprint density at radius 3 is 2.94 bits per heavy atom. The van der Waals surface area contributed by atoms with Crippen LogP contribution in [-0.4, -0.2) is 29.0 Å². The average molecular weight is 225 g/mol. The second-order valence-electron chi connectivity index (χ2n) is 4.02. The minimum Gasteiger partial charge on any atom is -0.489 e. The van der Waals surface area contributed by atoms with Crippen LogP contribution in [0.1, 0.15) is 33.6 Å². The van der Waals surface area contributed by atoms with Crippen LogP contribution in [0.3, 0.4) is 0 Å². The van der Waals surface area contributed by atoms with Crippen LogP contribution >= 0.6 is 0 Å². The lowest BCUT2D eigenvalue weighted by molar-refractivity contribution is 0.304. The minimum atomic E-state index is 0.576. The zero-order valence-electron chi connectivity index (χ0n) is 10.6. The SMILES string of the molecule is CCCC(C)NCCOc1cnn(CC)c1. The highest BCUT2D eigenvalue weighted by atomic mass is 16.5. The van der Waals surface area contributed by atoms with Gasteiger partial charge in [0.1, 0.15) is 6.61 Å². The van der Waals surface area contributed by atoms with Crippen molar-refractivity contribution in [3.8, 4) is 5.75 Å². The van der Waals surface area contributed by atoms with Crippen molar-refractivity contribution in [1.29, 1.82) is 0 Å². The van der Waals surface area contributed by atoms with Crippen molar-refractivity contribution < 1.29 is 4.74 Å². The number of nitrogens with one attached hydrogen (secondary N) is 1. The summed E-state index contributed by atoms with van der Waals surface area (Å²) in [6.07, 6.45) is 6.13. The standard InChI is InChI=1S/C12H23N3O/c1-4-6-11(3)13-7-8-16-12-9-14-15(5-2)10-12/h9-11,13H,4-8H2,1-3H3. The zero-order chi connectivity index (χ0) is 11.8. The van der Waals surface area contributed by atoms with E-state index in [-0.39, 0.29) is 0 Å². The van der Waals surface area contributed by atoms with Gasteiger partial charge in [0.25, 0.3) is 0 Å². The van der Waals surface area contributed by atoms with Crippen molar-refractivity contribution in [3.05, 3.63) is 12.4 Å². The molecule has 0 aliphatic rings. The van der Waals surface area contributed by atoms with Crippen LogP contribution in [0.25, 0.3) is 0 Å². The van der Waals surface area contributed by atoms with Crippen LogP contribution in [0.2, 0.25) is 0 Å². The lowest BCUT2D eigenvalue weighted by Crippen LogP contribution is -2.29. The highest BCUT2D eigenvalue weighted by Gasteiger charge is 2.00. The van der Waals surface area contributed by atoms with Crippen molar-refractivity contribution in [2.24, 2.45) is 0 Å². The van der Waals surface area contributed by atoms with Gasteiger partial charge < -0.3 is 10.1 Å². The Balaban J connectivity index is 2.11. The van der Waals surface area contributed by atoms with E-state index in [0.717, 1.165) is 18.8 Å². The first-order valence-electron chi connectivity index (χ1n) is 6.14. The molecule has 0 aliphatic carbocycles. The van der Waals surface area contributed by atoms with Crippen molar-refractivity contribution in [2.45, 2.75) is 46.2 Å². The van der Waals surface area contributed by atoms with E-state index in [1.54, 1.807) is 6.20 Å². The van der Waals surface area contributed by atoms with E-state index in [2.05, 4.69) is 31.2 Å². The van der Waals surface area contributed by atoms with Crippen LogP contribution in [0, 0.1) is 0 Å². The van der Waals surface area contributed by atoms with Gasteiger partial charge in [-0.05, 0) is 20.3 Å². The smallest absolute Gasteiger partial charge is 0.157 e. The summed E-state index contributed by atoms with van der Waals surface area (Å²) in [7, 11) is 0. The van der Waals surface area contributed by atoms with E-state index in [1.807, 2.05) is 10.9 Å². The molecule has 16 heavy (non-hydrogen) atoms. The number of ether oxygens (including phenoxy) is 1. The number of nitrogens with zero attached hydrogens (tertiary/aromatic N) is 2. The first-order chi connectivity index (χ1) is 7.76. The number of rotatable bonds is 8. The zero-order valence-corrected chi connectivity index (χ0v) is 10.6. The average Bonchev–Trinajstić information content (AvgIpc) is 2.73. The molecule has 0 amide bonds. The molecule has 92 valence electrons. The molecule has 1 aromatic rings. The quantitative estimate of drug-likeness (QED) is 0.688. The molecule has 0 aliphatic heterocycles. The Hall–Kier alpha value is -1.03. The largest absolute Gasteiger partial charge is 0.489 e. The van der Waals surface area contributed by atoms with Gasteiger partial charge in [0.15, 0.2) is 5.75 Å². The van der Waals surface area contributed by atoms with Crippen molar-refractivity contribution in [2.75, 3.05) is 13.2 Å². The van der Waals surface area contributed by atoms with E-state index in [9.17, 15) is 0 Å². The lowest BCUT2D eigenvalue weighted by Gasteiger charge is -2.12. The molecule has 4 heteroatoms. The van der Waals surface area contributed by atoms with E-state index in [1.165, 1.54) is 12.8 Å². The van der Waals surface area contributed by atoms with E-state index in [0.29, 0.717) is 12.6 Å². The summed E-state index contributed by atoms with van der Waals surface area (Å²) < 4.78 is 7.43. The van der Waals surface area contributed by atoms with Crippen LogP contribution in [0.5, 0.6) is 5.75 Å². The van der Waals surface area contributed by atoms with Crippen molar-refractivity contribution >= 4 is 0 Å². The Kier molecular flexibility index (Phi) is 5.93. The number of hydrogen-bond donors (Lipinski definition) is 1. The summed E-state index contributed by atoms with van der Waals surface area (Å²) in [5.74, 6) is 0.854. The Morgan fingerprint density at radius 1 is 1.50 bits per heavy atom. The molecule has 0 saturated carbocycles. The summed E-state index contributed by atoms with van der Waals surface area (Å²) >= 11 is 0. The molecule has 1 aromatic heterocycles. The number of hydrogen-bond acceptors (Lipinski definition) is 3. The van der Waals surface area contributed by atoms with Gasteiger partial charge in [0.05, 0.1) is 12.4 Å². The lowest BCUT2D eigenvalue weighted by atomic mass is 10.2. The Labute approximate surface area is 98.0 Å². The molecule has 0 bridgehead atoms. The first-order valence-corrected chi connectivity index (χ1v) is 6.14. The first kappa shape index (κ1) is 13.0. The summed E-state index contributed by atoms with van der Waals surface area (Å²) in [6.45, 7) is 8.94. The van der Waals surface area contributed by atoms with Gasteiger partial charge in [-0.2, -0.15) is 5.10 Å². The van der Waals surface area contributed by atoms with Crippen LogP contribution in [-0.2, 0) is 6.54 Å². The van der Waals surface area contributed by atoms with Gasteiger partial charge in [-0.1, -0.05) is 13.3 Å². The predicted molar refractivity (Wildman–Crippen MR) is 65.8 cm³/mol. The molecule has 0 fully saturated rings. The fourth-order valence-corrected chi connectivity index (χ4v) is 1.60. The molecule has 1 heterocycles. The monoisotopic (exact) mass is 225 g/mol. The number of aromatic nitrogens is 2. The molecular weight excluding hydrogens is 202 g/mol. The van der Waals surface area contributed by atoms with Gasteiger partial charge in [0.2, 0.25) is 0 Å². The van der Waals surface area contributed by atoms with Gasteiger partial charge in [0, 0.05) is 19.1 Å². The maximum atomic E-state index is 5.57. The van der Waals surface area contributed by atoms with Gasteiger partial charge >= 0.3 is 0 Å². The molecular formula is C12H23N3O. The highest BCUT2D eigenvalue weighted by Crippen LogP contribution is 2.07. The maximum Gasteiger partial charge on any atom is 0.157 e. The van der Waals surface area contributed by atoms with Crippen LogP contribution in [0.15, 0.2) is 12.4 Å². The van der Waals surface area contributed by atoms with Crippen molar-refractivity contribution in [3.63, 3.8) is 0 Å². The fourth-order valence-electron chi connectivity index (χ4n) is 1.60. The second-order valence-corrected chi connectivity index (χ2v) is 4.02. The normalized spacial score (nSPS) is 12.7. The molecule has 1 unspecified atom stereocenters. The Morgan fingerprint density at radius 2 is 2.31 bits per heavy atom.